The minimum atomic E-state index is -0.649. The minimum absolute atomic E-state index is 0.201. The van der Waals surface area contributed by atoms with Crippen molar-refractivity contribution in [1.29, 1.82) is 0 Å². The predicted molar refractivity (Wildman–Crippen MR) is 86.8 cm³/mol. The molecule has 0 radical (unpaired) electrons. The fourth-order valence-electron chi connectivity index (χ4n) is 2.42. The first-order valence-corrected chi connectivity index (χ1v) is 7.42. The topological polar surface area (TPSA) is 63.7 Å². The molecule has 1 amide bonds. The summed E-state index contributed by atoms with van der Waals surface area (Å²) in [6.07, 6.45) is 1.08. The van der Waals surface area contributed by atoms with Crippen LogP contribution in [0.1, 0.15) is 5.56 Å². The van der Waals surface area contributed by atoms with Gasteiger partial charge in [0.1, 0.15) is 12.4 Å². The number of nitrogens with zero attached hydrogens (tertiary/aromatic N) is 2. The molecule has 6 nitrogen and oxygen atoms in total. The maximum Gasteiger partial charge on any atom is 0.264 e. The molecule has 1 aliphatic rings. The van der Waals surface area contributed by atoms with Crippen LogP contribution in [0.2, 0.25) is 0 Å². The van der Waals surface area contributed by atoms with E-state index < -0.39 is 6.10 Å². The molecule has 1 aromatic carbocycles. The van der Waals surface area contributed by atoms with Gasteiger partial charge in [-0.3, -0.25) is 4.79 Å². The lowest BCUT2D eigenvalue weighted by atomic mass is 10.2. The van der Waals surface area contributed by atoms with Gasteiger partial charge in [0, 0.05) is 32.4 Å². The van der Waals surface area contributed by atoms with E-state index in [4.69, 9.17) is 9.47 Å². The van der Waals surface area contributed by atoms with Crippen LogP contribution >= 0.6 is 0 Å². The summed E-state index contributed by atoms with van der Waals surface area (Å²) in [7, 11) is 3.84. The van der Waals surface area contributed by atoms with Gasteiger partial charge in [0.2, 0.25) is 6.10 Å². The van der Waals surface area contributed by atoms with Crippen LogP contribution in [-0.2, 0) is 11.3 Å². The Balaban J connectivity index is 1.63. The highest BCUT2D eigenvalue weighted by molar-refractivity contribution is 5.81. The molecular weight excluding hydrogens is 294 g/mol. The summed E-state index contributed by atoms with van der Waals surface area (Å²) in [5.74, 6) is 1.89. The van der Waals surface area contributed by atoms with Crippen molar-refractivity contribution in [1.82, 2.24) is 10.3 Å². The van der Waals surface area contributed by atoms with Gasteiger partial charge in [-0.05, 0) is 18.2 Å². The molecule has 1 aliphatic heterocycles. The van der Waals surface area contributed by atoms with Gasteiger partial charge in [0.15, 0.2) is 11.5 Å². The summed E-state index contributed by atoms with van der Waals surface area (Å²) < 4.78 is 11.3. The van der Waals surface area contributed by atoms with Crippen molar-refractivity contribution in [2.75, 3.05) is 25.6 Å². The molecule has 2 heterocycles. The number of hydrogen-bond acceptors (Lipinski definition) is 5. The summed E-state index contributed by atoms with van der Waals surface area (Å²) in [4.78, 5) is 18.5. The average Bonchev–Trinajstić information content (AvgIpc) is 2.59. The fourth-order valence-corrected chi connectivity index (χ4v) is 2.42. The van der Waals surface area contributed by atoms with E-state index in [2.05, 4.69) is 10.3 Å². The Morgan fingerprint density at radius 2 is 2.04 bits per heavy atom. The Hall–Kier alpha value is -2.76. The van der Waals surface area contributed by atoms with Crippen molar-refractivity contribution >= 4 is 11.7 Å². The smallest absolute Gasteiger partial charge is 0.264 e. The Bertz CT molecular complexity index is 703. The van der Waals surface area contributed by atoms with E-state index in [1.165, 1.54) is 0 Å². The van der Waals surface area contributed by atoms with Crippen LogP contribution in [0.25, 0.3) is 0 Å². The van der Waals surface area contributed by atoms with Crippen LogP contribution in [0.15, 0.2) is 42.6 Å². The van der Waals surface area contributed by atoms with Crippen molar-refractivity contribution in [3.63, 3.8) is 0 Å². The quantitative estimate of drug-likeness (QED) is 0.929. The molecule has 0 saturated heterocycles. The number of carbonyl (C=O) groups is 1. The fraction of sp³-hybridized carbons (Fsp3) is 0.294. The van der Waals surface area contributed by atoms with Gasteiger partial charge in [0.25, 0.3) is 5.91 Å². The summed E-state index contributed by atoms with van der Waals surface area (Å²) in [5, 5.41) is 2.88. The second-order valence-corrected chi connectivity index (χ2v) is 5.46. The molecule has 1 unspecified atom stereocenters. The number of hydrogen-bond donors (Lipinski definition) is 1. The molecular formula is C17H19N3O3. The predicted octanol–water partition coefficient (Wildman–Crippen LogP) is 1.60. The molecule has 0 fully saturated rings. The summed E-state index contributed by atoms with van der Waals surface area (Å²) in [6.45, 7) is 0.595. The van der Waals surface area contributed by atoms with Gasteiger partial charge in [-0.1, -0.05) is 18.2 Å². The van der Waals surface area contributed by atoms with Gasteiger partial charge >= 0.3 is 0 Å². The van der Waals surface area contributed by atoms with E-state index in [1.807, 2.05) is 49.3 Å². The maximum absolute atomic E-state index is 12.3. The Morgan fingerprint density at radius 3 is 2.83 bits per heavy atom. The molecule has 0 bridgehead atoms. The molecule has 1 N–H and O–H groups in total. The second-order valence-electron chi connectivity index (χ2n) is 5.46. The highest BCUT2D eigenvalue weighted by atomic mass is 16.6. The van der Waals surface area contributed by atoms with Gasteiger partial charge < -0.3 is 19.7 Å². The molecule has 0 saturated carbocycles. The van der Waals surface area contributed by atoms with Gasteiger partial charge in [-0.25, -0.2) is 4.98 Å². The first kappa shape index (κ1) is 15.1. The second kappa shape index (κ2) is 6.56. The standard InChI is InChI=1S/C17H19N3O3/c1-20(2)16-12(6-5-9-18-16)10-19-17(21)15-11-22-13-7-3-4-8-14(13)23-15/h3-9,15H,10-11H2,1-2H3,(H,19,21). The lowest BCUT2D eigenvalue weighted by molar-refractivity contribution is -0.130. The number of pyridine rings is 1. The Labute approximate surface area is 135 Å². The van der Waals surface area contributed by atoms with E-state index in [0.29, 0.717) is 18.0 Å². The third kappa shape index (κ3) is 3.36. The van der Waals surface area contributed by atoms with Crippen molar-refractivity contribution < 1.29 is 14.3 Å². The molecule has 6 heteroatoms. The van der Waals surface area contributed by atoms with Crippen LogP contribution in [-0.4, -0.2) is 37.7 Å². The molecule has 2 aromatic rings. The Morgan fingerprint density at radius 1 is 1.26 bits per heavy atom. The molecule has 0 spiro atoms. The molecule has 3 rings (SSSR count). The number of aromatic nitrogens is 1. The van der Waals surface area contributed by atoms with Gasteiger partial charge in [-0.15, -0.1) is 0 Å². The minimum Gasteiger partial charge on any atom is -0.485 e. The zero-order valence-electron chi connectivity index (χ0n) is 13.2. The maximum atomic E-state index is 12.3. The molecule has 0 aliphatic carbocycles. The number of para-hydroxylation sites is 2. The monoisotopic (exact) mass is 313 g/mol. The van der Waals surface area contributed by atoms with Crippen LogP contribution in [0.5, 0.6) is 11.5 Å². The van der Waals surface area contributed by atoms with Crippen LogP contribution in [0, 0.1) is 0 Å². The first-order chi connectivity index (χ1) is 11.1. The molecule has 23 heavy (non-hydrogen) atoms. The van der Waals surface area contributed by atoms with E-state index in [9.17, 15) is 4.79 Å². The van der Waals surface area contributed by atoms with Crippen molar-refractivity contribution in [2.24, 2.45) is 0 Å². The first-order valence-electron chi connectivity index (χ1n) is 7.42. The van der Waals surface area contributed by atoms with E-state index >= 15 is 0 Å². The van der Waals surface area contributed by atoms with Crippen LogP contribution in [0.3, 0.4) is 0 Å². The number of nitrogens with one attached hydrogen (secondary N) is 1. The van der Waals surface area contributed by atoms with Crippen molar-refractivity contribution in [3.8, 4) is 11.5 Å². The highest BCUT2D eigenvalue weighted by Gasteiger charge is 2.27. The van der Waals surface area contributed by atoms with E-state index in [0.717, 1.165) is 11.4 Å². The van der Waals surface area contributed by atoms with E-state index in [-0.39, 0.29) is 12.5 Å². The van der Waals surface area contributed by atoms with Crippen LogP contribution in [0.4, 0.5) is 5.82 Å². The van der Waals surface area contributed by atoms with Crippen molar-refractivity contribution in [2.45, 2.75) is 12.6 Å². The summed E-state index contributed by atoms with van der Waals surface area (Å²) in [5.41, 5.74) is 0.947. The number of fused-ring (bicyclic) bond motifs is 1. The van der Waals surface area contributed by atoms with Crippen molar-refractivity contribution in [3.05, 3.63) is 48.2 Å². The molecule has 1 aromatic heterocycles. The number of benzene rings is 1. The number of rotatable bonds is 4. The lowest BCUT2D eigenvalue weighted by Crippen LogP contribution is -2.43. The number of carbonyl (C=O) groups excluding carboxylic acids is 1. The zero-order chi connectivity index (χ0) is 16.2. The summed E-state index contributed by atoms with van der Waals surface area (Å²) >= 11 is 0. The number of amides is 1. The average molecular weight is 313 g/mol. The van der Waals surface area contributed by atoms with Gasteiger partial charge in [-0.2, -0.15) is 0 Å². The highest BCUT2D eigenvalue weighted by Crippen LogP contribution is 2.30. The third-order valence-electron chi connectivity index (χ3n) is 3.55. The number of ether oxygens (including phenoxy) is 2. The molecule has 1 atom stereocenters. The molecule has 120 valence electrons. The SMILES string of the molecule is CN(C)c1ncccc1CNC(=O)C1COc2ccccc2O1. The van der Waals surface area contributed by atoms with Crippen LogP contribution < -0.4 is 19.7 Å². The Kier molecular flexibility index (Phi) is 4.32. The number of anilines is 1. The van der Waals surface area contributed by atoms with E-state index in [1.54, 1.807) is 12.3 Å². The zero-order valence-corrected chi connectivity index (χ0v) is 13.2. The van der Waals surface area contributed by atoms with Gasteiger partial charge in [0.05, 0.1) is 0 Å². The third-order valence-corrected chi connectivity index (χ3v) is 3.55. The lowest BCUT2D eigenvalue weighted by Gasteiger charge is -2.25. The summed E-state index contributed by atoms with van der Waals surface area (Å²) in [6, 6.07) is 11.1. The largest absolute Gasteiger partial charge is 0.485 e. The normalized spacial score (nSPS) is 15.8.